The summed E-state index contributed by atoms with van der Waals surface area (Å²) < 4.78 is 31.6. The van der Waals surface area contributed by atoms with Crippen molar-refractivity contribution >= 4 is 16.1 Å². The maximum absolute atomic E-state index is 12.0. The molecule has 0 bridgehead atoms. The molecule has 110 valence electrons. The average Bonchev–Trinajstić information content (AvgIpc) is 2.79. The highest BCUT2D eigenvalue weighted by Crippen LogP contribution is 2.14. The highest BCUT2D eigenvalue weighted by molar-refractivity contribution is 7.89. The highest BCUT2D eigenvalue weighted by atomic mass is 32.2. The van der Waals surface area contributed by atoms with Crippen molar-refractivity contribution in [3.63, 3.8) is 0 Å². The number of hydrogen-bond acceptors (Lipinski definition) is 4. The van der Waals surface area contributed by atoms with Gasteiger partial charge in [0.15, 0.2) is 0 Å². The number of sulfonamides is 1. The zero-order valence-electron chi connectivity index (χ0n) is 11.4. The Balaban J connectivity index is 1.95. The van der Waals surface area contributed by atoms with Gasteiger partial charge in [-0.05, 0) is 26.0 Å². The molecular weight excluding hydrogens is 280 g/mol. The van der Waals surface area contributed by atoms with E-state index in [1.165, 1.54) is 12.1 Å². The van der Waals surface area contributed by atoms with E-state index in [0.717, 1.165) is 0 Å². The lowest BCUT2D eigenvalue weighted by molar-refractivity contribution is 0.130. The number of nitrogens with zero attached hydrogens (tertiary/aromatic N) is 1. The molecule has 0 spiro atoms. The first kappa shape index (κ1) is 14.8. The van der Waals surface area contributed by atoms with Crippen LogP contribution in [0.3, 0.4) is 0 Å². The van der Waals surface area contributed by atoms with Gasteiger partial charge in [-0.2, -0.15) is 0 Å². The number of cyclic esters (lactones) is 1. The minimum atomic E-state index is -3.56. The summed E-state index contributed by atoms with van der Waals surface area (Å²) in [6, 6.07) is 8.14. The molecule has 1 atom stereocenters. The lowest BCUT2D eigenvalue weighted by atomic mass is 10.3. The Kier molecular flexibility index (Phi) is 4.29. The topological polar surface area (TPSA) is 75.7 Å². The normalized spacial score (nSPS) is 19.4. The number of ether oxygens (including phenoxy) is 1. The summed E-state index contributed by atoms with van der Waals surface area (Å²) in [6.45, 7) is 4.25. The average molecular weight is 298 g/mol. The van der Waals surface area contributed by atoms with Crippen LogP contribution in [0, 0.1) is 0 Å². The van der Waals surface area contributed by atoms with E-state index in [2.05, 4.69) is 4.72 Å². The lowest BCUT2D eigenvalue weighted by Gasteiger charge is -2.16. The molecule has 1 heterocycles. The summed E-state index contributed by atoms with van der Waals surface area (Å²) >= 11 is 0. The molecule has 6 nitrogen and oxygen atoms in total. The second-order valence-electron chi connectivity index (χ2n) is 4.92. The van der Waals surface area contributed by atoms with Gasteiger partial charge in [0, 0.05) is 12.6 Å². The minimum absolute atomic E-state index is 0.0400. The maximum Gasteiger partial charge on any atom is 0.410 e. The molecule has 0 aromatic heterocycles. The van der Waals surface area contributed by atoms with E-state index >= 15 is 0 Å². The molecule has 20 heavy (non-hydrogen) atoms. The van der Waals surface area contributed by atoms with E-state index in [1.54, 1.807) is 23.1 Å². The lowest BCUT2D eigenvalue weighted by Crippen LogP contribution is -2.36. The van der Waals surface area contributed by atoms with Crippen LogP contribution in [0.2, 0.25) is 0 Å². The second-order valence-corrected chi connectivity index (χ2v) is 6.68. The van der Waals surface area contributed by atoms with Gasteiger partial charge >= 0.3 is 6.09 Å². The van der Waals surface area contributed by atoms with Crippen molar-refractivity contribution in [3.05, 3.63) is 30.3 Å². The Bertz CT molecular complexity index is 571. The number of amides is 1. The van der Waals surface area contributed by atoms with E-state index in [4.69, 9.17) is 4.74 Å². The first-order valence-electron chi connectivity index (χ1n) is 6.42. The van der Waals surface area contributed by atoms with Gasteiger partial charge in [0.25, 0.3) is 0 Å². The van der Waals surface area contributed by atoms with E-state index in [-0.39, 0.29) is 17.5 Å². The van der Waals surface area contributed by atoms with Gasteiger partial charge < -0.3 is 9.64 Å². The first-order valence-corrected chi connectivity index (χ1v) is 7.90. The van der Waals surface area contributed by atoms with Gasteiger partial charge in [0.2, 0.25) is 10.0 Å². The van der Waals surface area contributed by atoms with E-state index < -0.39 is 22.2 Å². The number of benzene rings is 1. The van der Waals surface area contributed by atoms with E-state index in [1.807, 2.05) is 13.8 Å². The molecule has 1 fully saturated rings. The van der Waals surface area contributed by atoms with Gasteiger partial charge in [0.1, 0.15) is 6.10 Å². The number of rotatable bonds is 5. The molecule has 2 rings (SSSR count). The zero-order chi connectivity index (χ0) is 14.8. The second kappa shape index (κ2) is 5.80. The Morgan fingerprint density at radius 3 is 2.55 bits per heavy atom. The van der Waals surface area contributed by atoms with Gasteiger partial charge in [-0.3, -0.25) is 0 Å². The van der Waals surface area contributed by atoms with E-state index in [0.29, 0.717) is 6.54 Å². The number of nitrogens with one attached hydrogen (secondary N) is 1. The third kappa shape index (κ3) is 3.29. The molecule has 1 saturated heterocycles. The van der Waals surface area contributed by atoms with Crippen molar-refractivity contribution < 1.29 is 17.9 Å². The van der Waals surface area contributed by atoms with Crippen molar-refractivity contribution in [3.8, 4) is 0 Å². The minimum Gasteiger partial charge on any atom is -0.443 e. The molecule has 0 aliphatic carbocycles. The van der Waals surface area contributed by atoms with Crippen LogP contribution >= 0.6 is 0 Å². The van der Waals surface area contributed by atoms with Crippen LogP contribution in [0.15, 0.2) is 35.2 Å². The SMILES string of the molecule is CC(C)N1CC(CNS(=O)(=O)c2ccccc2)OC1=O. The number of hydrogen-bond donors (Lipinski definition) is 1. The molecule has 1 aromatic rings. The van der Waals surface area contributed by atoms with Crippen LogP contribution in [0.25, 0.3) is 0 Å². The van der Waals surface area contributed by atoms with Crippen molar-refractivity contribution in [1.82, 2.24) is 9.62 Å². The predicted molar refractivity (Wildman–Crippen MR) is 73.7 cm³/mol. The monoisotopic (exact) mass is 298 g/mol. The Morgan fingerprint density at radius 2 is 2.00 bits per heavy atom. The Hall–Kier alpha value is -1.60. The molecule has 1 amide bonds. The van der Waals surface area contributed by atoms with Crippen LogP contribution in [0.5, 0.6) is 0 Å². The van der Waals surface area contributed by atoms with Crippen LogP contribution in [0.4, 0.5) is 4.79 Å². The van der Waals surface area contributed by atoms with Crippen LogP contribution in [-0.4, -0.2) is 44.6 Å². The maximum atomic E-state index is 12.0. The summed E-state index contributed by atoms with van der Waals surface area (Å²) in [5.41, 5.74) is 0. The third-order valence-corrected chi connectivity index (χ3v) is 4.52. The summed E-state index contributed by atoms with van der Waals surface area (Å²) in [4.78, 5) is 13.3. The summed E-state index contributed by atoms with van der Waals surface area (Å²) in [5.74, 6) is 0. The molecular formula is C13H18N2O4S. The fraction of sp³-hybridized carbons (Fsp3) is 0.462. The standard InChI is InChI=1S/C13H18N2O4S/c1-10(2)15-9-11(19-13(15)16)8-14-20(17,18)12-6-4-3-5-7-12/h3-7,10-11,14H,8-9H2,1-2H3. The van der Waals surface area contributed by atoms with Gasteiger partial charge in [-0.25, -0.2) is 17.9 Å². The molecule has 1 N–H and O–H groups in total. The van der Waals surface area contributed by atoms with Crippen molar-refractivity contribution in [2.75, 3.05) is 13.1 Å². The summed E-state index contributed by atoms with van der Waals surface area (Å²) in [7, 11) is -3.56. The van der Waals surface area contributed by atoms with Crippen molar-refractivity contribution in [2.24, 2.45) is 0 Å². The number of carbonyl (C=O) groups excluding carboxylic acids is 1. The van der Waals surface area contributed by atoms with Crippen LogP contribution < -0.4 is 4.72 Å². The summed E-state index contributed by atoms with van der Waals surface area (Å²) in [6.07, 6.45) is -0.854. The molecule has 1 aromatic carbocycles. The van der Waals surface area contributed by atoms with Crippen molar-refractivity contribution in [1.29, 1.82) is 0 Å². The zero-order valence-corrected chi connectivity index (χ0v) is 12.3. The molecule has 1 aliphatic heterocycles. The smallest absolute Gasteiger partial charge is 0.410 e. The Labute approximate surface area is 118 Å². The fourth-order valence-corrected chi connectivity index (χ4v) is 3.04. The molecule has 1 aliphatic rings. The molecule has 0 radical (unpaired) electrons. The largest absolute Gasteiger partial charge is 0.443 e. The van der Waals surface area contributed by atoms with Gasteiger partial charge in [-0.15, -0.1) is 0 Å². The molecule has 7 heteroatoms. The molecule has 1 unspecified atom stereocenters. The third-order valence-electron chi connectivity index (χ3n) is 3.08. The number of carbonyl (C=O) groups is 1. The van der Waals surface area contributed by atoms with E-state index in [9.17, 15) is 13.2 Å². The van der Waals surface area contributed by atoms with Gasteiger partial charge in [-0.1, -0.05) is 18.2 Å². The Morgan fingerprint density at radius 1 is 1.35 bits per heavy atom. The van der Waals surface area contributed by atoms with Crippen LogP contribution in [-0.2, 0) is 14.8 Å². The van der Waals surface area contributed by atoms with Gasteiger partial charge in [0.05, 0.1) is 11.4 Å². The summed E-state index contributed by atoms with van der Waals surface area (Å²) in [5, 5.41) is 0. The first-order chi connectivity index (χ1) is 9.40. The van der Waals surface area contributed by atoms with Crippen LogP contribution in [0.1, 0.15) is 13.8 Å². The highest BCUT2D eigenvalue weighted by Gasteiger charge is 2.33. The van der Waals surface area contributed by atoms with Crippen molar-refractivity contribution in [2.45, 2.75) is 30.9 Å². The quantitative estimate of drug-likeness (QED) is 0.886. The fourth-order valence-electron chi connectivity index (χ4n) is 1.95. The molecule has 0 saturated carbocycles. The predicted octanol–water partition coefficient (Wildman–Crippen LogP) is 1.19.